The maximum Gasteiger partial charge on any atom is 0.336 e. The van der Waals surface area contributed by atoms with Crippen LogP contribution in [-0.4, -0.2) is 38.0 Å². The average molecular weight is 524 g/mol. The number of rotatable bonds is 7. The first-order chi connectivity index (χ1) is 17.8. The van der Waals surface area contributed by atoms with Gasteiger partial charge in [0.15, 0.2) is 5.78 Å². The highest BCUT2D eigenvalue weighted by Gasteiger charge is 2.49. The molecule has 3 unspecified atom stereocenters. The highest BCUT2D eigenvalue weighted by molar-refractivity contribution is 6.30. The number of esters is 2. The molecule has 0 amide bonds. The van der Waals surface area contributed by atoms with Crippen molar-refractivity contribution >= 4 is 29.3 Å². The molecule has 0 aromatic heterocycles. The number of benzene rings is 2. The Bertz CT molecular complexity index is 1280. The van der Waals surface area contributed by atoms with Gasteiger partial charge in [-0.3, -0.25) is 9.59 Å². The number of dihydropyridines is 1. The van der Waals surface area contributed by atoms with Gasteiger partial charge >= 0.3 is 11.9 Å². The van der Waals surface area contributed by atoms with E-state index in [2.05, 4.69) is 5.32 Å². The summed E-state index contributed by atoms with van der Waals surface area (Å²) in [7, 11) is 1.58. The molecular weight excluding hydrogens is 494 g/mol. The van der Waals surface area contributed by atoms with Gasteiger partial charge in [0.25, 0.3) is 0 Å². The predicted octanol–water partition coefficient (Wildman–Crippen LogP) is 5.06. The van der Waals surface area contributed by atoms with Crippen LogP contribution in [-0.2, 0) is 23.9 Å². The summed E-state index contributed by atoms with van der Waals surface area (Å²) in [5, 5.41) is 3.77. The van der Waals surface area contributed by atoms with Crippen LogP contribution in [0.15, 0.2) is 71.1 Å². The lowest BCUT2D eigenvalue weighted by Gasteiger charge is -2.39. The third kappa shape index (κ3) is 5.14. The Morgan fingerprint density at radius 3 is 2.35 bits per heavy atom. The lowest BCUT2D eigenvalue weighted by atomic mass is 9.67. The number of carbonyl (C=O) groups is 3. The molecule has 37 heavy (non-hydrogen) atoms. The third-order valence-electron chi connectivity index (χ3n) is 6.78. The largest absolute Gasteiger partial charge is 0.497 e. The molecular formula is C29H30ClNO6. The van der Waals surface area contributed by atoms with Crippen molar-refractivity contribution in [1.82, 2.24) is 5.32 Å². The fourth-order valence-electron chi connectivity index (χ4n) is 5.20. The minimum Gasteiger partial charge on any atom is -0.497 e. The monoisotopic (exact) mass is 523 g/mol. The van der Waals surface area contributed by atoms with Gasteiger partial charge in [-0.25, -0.2) is 4.79 Å². The Kier molecular flexibility index (Phi) is 8.03. The predicted molar refractivity (Wildman–Crippen MR) is 139 cm³/mol. The van der Waals surface area contributed by atoms with E-state index in [0.717, 1.165) is 5.56 Å². The van der Waals surface area contributed by atoms with Gasteiger partial charge in [-0.05, 0) is 62.6 Å². The summed E-state index contributed by atoms with van der Waals surface area (Å²) in [6, 6.07) is 14.4. The van der Waals surface area contributed by atoms with Crippen LogP contribution < -0.4 is 10.1 Å². The van der Waals surface area contributed by atoms with Gasteiger partial charge in [-0.2, -0.15) is 0 Å². The van der Waals surface area contributed by atoms with Crippen LogP contribution in [0.2, 0.25) is 5.02 Å². The topological polar surface area (TPSA) is 90.9 Å². The standard InChI is InChI=1S/C29H30ClNO6/c1-5-36-28(33)23-16(3)31-22-15-21(17-10-12-20(35-4)13-11-17)25(29(34)37-6-2)27(32)26(22)24(23)18-8-7-9-19(30)14-18/h7-14,21,24-25,31H,5-6,15H2,1-4H3. The van der Waals surface area contributed by atoms with Crippen molar-refractivity contribution < 1.29 is 28.6 Å². The number of ether oxygens (including phenoxy) is 3. The maximum absolute atomic E-state index is 14.3. The molecule has 2 aliphatic rings. The molecule has 0 spiro atoms. The molecule has 1 heterocycles. The van der Waals surface area contributed by atoms with Crippen molar-refractivity contribution in [3.05, 3.63) is 87.2 Å². The fraction of sp³-hybridized carbons (Fsp3) is 0.345. The number of Topliss-reactive ketones (excluding diaryl/α,β-unsaturated/α-hetero) is 1. The Labute approximate surface area is 221 Å². The number of allylic oxidation sites excluding steroid dienone is 3. The van der Waals surface area contributed by atoms with E-state index in [4.69, 9.17) is 25.8 Å². The molecule has 0 saturated heterocycles. The Balaban J connectivity index is 1.88. The number of hydrogen-bond acceptors (Lipinski definition) is 7. The summed E-state index contributed by atoms with van der Waals surface area (Å²) in [4.78, 5) is 40.6. The van der Waals surface area contributed by atoms with E-state index in [-0.39, 0.29) is 19.0 Å². The first-order valence-corrected chi connectivity index (χ1v) is 12.7. The van der Waals surface area contributed by atoms with Gasteiger partial charge in [0, 0.05) is 33.8 Å². The molecule has 2 aromatic carbocycles. The summed E-state index contributed by atoms with van der Waals surface area (Å²) >= 11 is 6.32. The van der Waals surface area contributed by atoms with Crippen LogP contribution in [0.4, 0.5) is 0 Å². The zero-order valence-corrected chi connectivity index (χ0v) is 22.1. The molecule has 0 bridgehead atoms. The number of methoxy groups -OCH3 is 1. The Hall–Kier alpha value is -3.58. The van der Waals surface area contributed by atoms with Crippen molar-refractivity contribution in [2.24, 2.45) is 5.92 Å². The Morgan fingerprint density at radius 2 is 1.73 bits per heavy atom. The van der Waals surface area contributed by atoms with Crippen LogP contribution in [0.5, 0.6) is 5.75 Å². The average Bonchev–Trinajstić information content (AvgIpc) is 2.88. The lowest BCUT2D eigenvalue weighted by molar-refractivity contribution is -0.152. The fourth-order valence-corrected chi connectivity index (χ4v) is 5.40. The van der Waals surface area contributed by atoms with Gasteiger partial charge < -0.3 is 19.5 Å². The second-order valence-electron chi connectivity index (χ2n) is 8.94. The third-order valence-corrected chi connectivity index (χ3v) is 7.02. The van der Waals surface area contributed by atoms with Crippen LogP contribution in [0.3, 0.4) is 0 Å². The van der Waals surface area contributed by atoms with Crippen LogP contribution in [0.1, 0.15) is 50.2 Å². The van der Waals surface area contributed by atoms with E-state index in [0.29, 0.717) is 45.3 Å². The number of nitrogens with one attached hydrogen (secondary N) is 1. The minimum atomic E-state index is -1.07. The highest BCUT2D eigenvalue weighted by atomic mass is 35.5. The zero-order chi connectivity index (χ0) is 26.7. The molecule has 194 valence electrons. The highest BCUT2D eigenvalue weighted by Crippen LogP contribution is 2.48. The molecule has 1 aliphatic carbocycles. The van der Waals surface area contributed by atoms with Gasteiger partial charge in [0.2, 0.25) is 0 Å². The van der Waals surface area contributed by atoms with Crippen molar-refractivity contribution in [3.63, 3.8) is 0 Å². The number of ketones is 1. The SMILES string of the molecule is CCOC(=O)C1=C(C)NC2=C(C(=O)C(C(=O)OCC)C(c3ccc(OC)cc3)C2)C1c1cccc(Cl)c1. The van der Waals surface area contributed by atoms with E-state index in [1.54, 1.807) is 58.2 Å². The van der Waals surface area contributed by atoms with Crippen LogP contribution in [0, 0.1) is 5.92 Å². The van der Waals surface area contributed by atoms with Gasteiger partial charge in [-0.1, -0.05) is 35.9 Å². The van der Waals surface area contributed by atoms with Crippen molar-refractivity contribution in [2.75, 3.05) is 20.3 Å². The smallest absolute Gasteiger partial charge is 0.336 e. The van der Waals surface area contributed by atoms with Crippen molar-refractivity contribution in [3.8, 4) is 5.75 Å². The number of hydrogen-bond donors (Lipinski definition) is 1. The van der Waals surface area contributed by atoms with Crippen molar-refractivity contribution in [2.45, 2.75) is 39.0 Å². The minimum absolute atomic E-state index is 0.146. The lowest BCUT2D eigenvalue weighted by Crippen LogP contribution is -2.43. The van der Waals surface area contributed by atoms with Gasteiger partial charge in [-0.15, -0.1) is 0 Å². The summed E-state index contributed by atoms with van der Waals surface area (Å²) in [5.74, 6) is -3.09. The second kappa shape index (κ2) is 11.2. The van der Waals surface area contributed by atoms with E-state index in [1.807, 2.05) is 18.2 Å². The number of halogens is 1. The first-order valence-electron chi connectivity index (χ1n) is 12.3. The zero-order valence-electron chi connectivity index (χ0n) is 21.3. The van der Waals surface area contributed by atoms with E-state index >= 15 is 0 Å². The van der Waals surface area contributed by atoms with Crippen LogP contribution >= 0.6 is 11.6 Å². The molecule has 0 fully saturated rings. The molecule has 2 aromatic rings. The molecule has 1 N–H and O–H groups in total. The summed E-state index contributed by atoms with van der Waals surface area (Å²) in [6.45, 7) is 5.55. The van der Waals surface area contributed by atoms with Gasteiger partial charge in [0.05, 0.1) is 25.9 Å². The van der Waals surface area contributed by atoms with Crippen LogP contribution in [0.25, 0.3) is 0 Å². The molecule has 3 atom stereocenters. The second-order valence-corrected chi connectivity index (χ2v) is 9.38. The first kappa shape index (κ1) is 26.5. The maximum atomic E-state index is 14.3. The van der Waals surface area contributed by atoms with E-state index < -0.39 is 29.7 Å². The molecule has 0 radical (unpaired) electrons. The molecule has 4 rings (SSSR count). The quantitative estimate of drug-likeness (QED) is 0.400. The van der Waals surface area contributed by atoms with Crippen molar-refractivity contribution in [1.29, 1.82) is 0 Å². The van der Waals surface area contributed by atoms with Gasteiger partial charge in [0.1, 0.15) is 11.7 Å². The Morgan fingerprint density at radius 1 is 1.03 bits per heavy atom. The number of carbonyl (C=O) groups excluding carboxylic acids is 3. The molecule has 1 aliphatic heterocycles. The molecule has 8 heteroatoms. The molecule has 0 saturated carbocycles. The molecule has 7 nitrogen and oxygen atoms in total. The summed E-state index contributed by atoms with van der Waals surface area (Å²) in [5.41, 5.74) is 3.43. The summed E-state index contributed by atoms with van der Waals surface area (Å²) in [6.07, 6.45) is 0.376. The van der Waals surface area contributed by atoms with E-state index in [1.165, 1.54) is 0 Å². The summed E-state index contributed by atoms with van der Waals surface area (Å²) < 4.78 is 16.0. The van der Waals surface area contributed by atoms with E-state index in [9.17, 15) is 14.4 Å². The normalized spacial score (nSPS) is 21.2.